The first-order chi connectivity index (χ1) is 16.9. The molecule has 4 aromatic rings. The number of fused-ring (bicyclic) bond motifs is 2. The summed E-state index contributed by atoms with van der Waals surface area (Å²) in [5.41, 5.74) is 6.05. The maximum absolute atomic E-state index is 10.5. The molecule has 3 atom stereocenters. The number of alkyl halides is 2. The molecule has 4 nitrogen and oxygen atoms in total. The first kappa shape index (κ1) is 25.6. The Bertz CT molecular complexity index is 1250. The molecular weight excluding hydrogens is 477 g/mol. The van der Waals surface area contributed by atoms with Crippen molar-refractivity contribution in [2.45, 2.75) is 63.4 Å². The summed E-state index contributed by atoms with van der Waals surface area (Å²) in [5, 5.41) is 19.5. The van der Waals surface area contributed by atoms with Crippen molar-refractivity contribution in [3.8, 4) is 0 Å². The Kier molecular flexibility index (Phi) is 8.38. The minimum absolute atomic E-state index is 0.224. The van der Waals surface area contributed by atoms with Crippen LogP contribution in [0.15, 0.2) is 60.7 Å². The fourth-order valence-corrected chi connectivity index (χ4v) is 5.27. The van der Waals surface area contributed by atoms with Crippen LogP contribution in [0.1, 0.15) is 69.1 Å². The van der Waals surface area contributed by atoms with Crippen LogP contribution in [0.4, 0.5) is 17.1 Å². The van der Waals surface area contributed by atoms with Gasteiger partial charge in [-0.3, -0.25) is 0 Å². The second-order valence-electron chi connectivity index (χ2n) is 9.01. The molecular formula is C29H33Cl2N3O. The number of hydrogen-bond donors (Lipinski definition) is 3. The van der Waals surface area contributed by atoms with Crippen molar-refractivity contribution < 1.29 is 5.11 Å². The number of nitrogens with one attached hydrogen (secondary N) is 2. The zero-order valence-corrected chi connectivity index (χ0v) is 22.0. The van der Waals surface area contributed by atoms with Gasteiger partial charge in [0.2, 0.25) is 0 Å². The van der Waals surface area contributed by atoms with E-state index in [-0.39, 0.29) is 10.9 Å². The van der Waals surface area contributed by atoms with Crippen molar-refractivity contribution in [3.63, 3.8) is 0 Å². The number of nitrogens with zero attached hydrogens (tertiary/aromatic N) is 1. The van der Waals surface area contributed by atoms with Gasteiger partial charge in [-0.05, 0) is 49.6 Å². The normalized spacial score (nSPS) is 14.1. The smallest absolute Gasteiger partial charge is 0.101 e. The number of aliphatic hydroxyl groups excluding tert-OH is 1. The molecule has 0 amide bonds. The van der Waals surface area contributed by atoms with E-state index in [9.17, 15) is 5.11 Å². The summed E-state index contributed by atoms with van der Waals surface area (Å²) in [6.45, 7) is 6.01. The van der Waals surface area contributed by atoms with E-state index in [4.69, 9.17) is 28.2 Å². The molecule has 0 radical (unpaired) electrons. The van der Waals surface area contributed by atoms with Crippen molar-refractivity contribution >= 4 is 62.1 Å². The predicted octanol–water partition coefficient (Wildman–Crippen LogP) is 9.04. The van der Waals surface area contributed by atoms with Crippen LogP contribution in [0.2, 0.25) is 0 Å². The Morgan fingerprint density at radius 3 is 2.00 bits per heavy atom. The third-order valence-corrected chi connectivity index (χ3v) is 7.01. The molecule has 0 saturated heterocycles. The van der Waals surface area contributed by atoms with Crippen LogP contribution < -0.4 is 10.6 Å². The molecule has 0 bridgehead atoms. The zero-order valence-electron chi connectivity index (χ0n) is 20.5. The van der Waals surface area contributed by atoms with Crippen LogP contribution in [-0.2, 0) is 0 Å². The Labute approximate surface area is 217 Å². The molecule has 3 N–H and O–H groups in total. The maximum Gasteiger partial charge on any atom is 0.101 e. The number of aromatic nitrogens is 1. The maximum atomic E-state index is 10.5. The van der Waals surface area contributed by atoms with E-state index in [0.29, 0.717) is 0 Å². The average molecular weight is 511 g/mol. The summed E-state index contributed by atoms with van der Waals surface area (Å²) in [7, 11) is 0. The van der Waals surface area contributed by atoms with E-state index < -0.39 is 6.10 Å². The first-order valence-corrected chi connectivity index (χ1v) is 13.2. The van der Waals surface area contributed by atoms with Gasteiger partial charge < -0.3 is 15.7 Å². The topological polar surface area (TPSA) is 57.2 Å². The SMILES string of the molecule is CCCC(Cl)Nc1cc(C(C)O)cc(Nc2c3ccccc3nc3ccccc23)c1C(Cl)CCC. The lowest BCUT2D eigenvalue weighted by molar-refractivity contribution is 0.199. The van der Waals surface area contributed by atoms with E-state index in [2.05, 4.69) is 36.6 Å². The van der Waals surface area contributed by atoms with E-state index >= 15 is 0 Å². The summed E-state index contributed by atoms with van der Waals surface area (Å²) in [6, 6.07) is 20.2. The van der Waals surface area contributed by atoms with Crippen molar-refractivity contribution in [1.29, 1.82) is 0 Å². The molecule has 0 aliphatic carbocycles. The summed E-state index contributed by atoms with van der Waals surface area (Å²) >= 11 is 13.6. The van der Waals surface area contributed by atoms with Gasteiger partial charge in [-0.1, -0.05) is 74.7 Å². The van der Waals surface area contributed by atoms with Gasteiger partial charge in [-0.15, -0.1) is 11.6 Å². The van der Waals surface area contributed by atoms with Gasteiger partial charge in [0, 0.05) is 27.7 Å². The molecule has 0 aliphatic rings. The van der Waals surface area contributed by atoms with E-state index in [1.807, 2.05) is 48.5 Å². The minimum atomic E-state index is -0.643. The fraction of sp³-hybridized carbons (Fsp3) is 0.345. The van der Waals surface area contributed by atoms with Crippen LogP contribution in [0.25, 0.3) is 21.8 Å². The minimum Gasteiger partial charge on any atom is -0.389 e. The third-order valence-electron chi connectivity index (χ3n) is 6.24. The van der Waals surface area contributed by atoms with Gasteiger partial charge in [0.1, 0.15) is 5.50 Å². The standard InChI is InChI=1S/C29H33Cl2N3O/c1-4-10-22(30)28-25(33-27(31)11-5-2)16-19(18(3)35)17-26(28)34-29-20-12-6-8-14-23(20)32-24-15-9-7-13-21(24)29/h6-9,12-18,22,27,33,35H,4-5,10-11H2,1-3H3,(H,32,34). The fourth-order valence-electron chi connectivity index (χ4n) is 4.48. The lowest BCUT2D eigenvalue weighted by Crippen LogP contribution is -2.15. The Morgan fingerprint density at radius 2 is 1.43 bits per heavy atom. The number of para-hydroxylation sites is 2. The lowest BCUT2D eigenvalue weighted by atomic mass is 9.97. The molecule has 0 fully saturated rings. The Morgan fingerprint density at radius 1 is 0.857 bits per heavy atom. The van der Waals surface area contributed by atoms with E-state index in [0.717, 1.165) is 75.7 Å². The molecule has 3 aromatic carbocycles. The summed E-state index contributed by atoms with van der Waals surface area (Å²) < 4.78 is 0. The molecule has 6 heteroatoms. The van der Waals surface area contributed by atoms with Crippen LogP contribution >= 0.6 is 23.2 Å². The predicted molar refractivity (Wildman–Crippen MR) is 151 cm³/mol. The number of hydrogen-bond acceptors (Lipinski definition) is 4. The number of rotatable bonds is 10. The monoisotopic (exact) mass is 509 g/mol. The Hall–Kier alpha value is -2.53. The number of pyridine rings is 1. The van der Waals surface area contributed by atoms with Crippen molar-refractivity contribution in [2.24, 2.45) is 0 Å². The van der Waals surface area contributed by atoms with Gasteiger partial charge in [-0.2, -0.15) is 0 Å². The number of anilines is 3. The van der Waals surface area contributed by atoms with Crippen molar-refractivity contribution in [3.05, 3.63) is 71.8 Å². The average Bonchev–Trinajstić information content (AvgIpc) is 2.84. The highest BCUT2D eigenvalue weighted by Crippen LogP contribution is 2.43. The molecule has 3 unspecified atom stereocenters. The largest absolute Gasteiger partial charge is 0.389 e. The number of halogens is 2. The van der Waals surface area contributed by atoms with Gasteiger partial charge in [-0.25, -0.2) is 4.98 Å². The second kappa shape index (κ2) is 11.5. The van der Waals surface area contributed by atoms with Crippen LogP contribution in [0, 0.1) is 0 Å². The van der Waals surface area contributed by atoms with Crippen molar-refractivity contribution in [1.82, 2.24) is 4.98 Å². The third kappa shape index (κ3) is 5.66. The number of aliphatic hydroxyl groups is 1. The molecule has 0 aliphatic heterocycles. The zero-order chi connectivity index (χ0) is 24.9. The van der Waals surface area contributed by atoms with Crippen molar-refractivity contribution in [2.75, 3.05) is 10.6 Å². The van der Waals surface area contributed by atoms with Gasteiger partial charge in [0.05, 0.1) is 28.2 Å². The highest BCUT2D eigenvalue weighted by atomic mass is 35.5. The lowest BCUT2D eigenvalue weighted by Gasteiger charge is -2.25. The summed E-state index contributed by atoms with van der Waals surface area (Å²) in [4.78, 5) is 4.85. The molecule has 1 heterocycles. The number of benzene rings is 3. The van der Waals surface area contributed by atoms with E-state index in [1.54, 1.807) is 6.92 Å². The van der Waals surface area contributed by atoms with Gasteiger partial charge in [0.25, 0.3) is 0 Å². The quantitative estimate of drug-likeness (QED) is 0.113. The summed E-state index contributed by atoms with van der Waals surface area (Å²) in [6.07, 6.45) is 2.91. The van der Waals surface area contributed by atoms with Gasteiger partial charge in [0.15, 0.2) is 0 Å². The molecule has 0 saturated carbocycles. The molecule has 4 rings (SSSR count). The summed E-state index contributed by atoms with van der Waals surface area (Å²) in [5.74, 6) is 0. The molecule has 0 spiro atoms. The highest BCUT2D eigenvalue weighted by Gasteiger charge is 2.22. The second-order valence-corrected chi connectivity index (χ2v) is 10.1. The van der Waals surface area contributed by atoms with E-state index in [1.165, 1.54) is 0 Å². The first-order valence-electron chi connectivity index (χ1n) is 12.4. The van der Waals surface area contributed by atoms with Crippen LogP contribution in [0.5, 0.6) is 0 Å². The molecule has 184 valence electrons. The highest BCUT2D eigenvalue weighted by molar-refractivity contribution is 6.23. The molecule has 1 aromatic heterocycles. The van der Waals surface area contributed by atoms with Crippen LogP contribution in [-0.4, -0.2) is 15.6 Å². The van der Waals surface area contributed by atoms with Gasteiger partial charge >= 0.3 is 0 Å². The van der Waals surface area contributed by atoms with Crippen LogP contribution in [0.3, 0.4) is 0 Å². The Balaban J connectivity index is 1.95. The molecule has 35 heavy (non-hydrogen) atoms.